The Hall–Kier alpha value is -3.46. The molecule has 1 atom stereocenters. The molecule has 6 nitrogen and oxygen atoms in total. The van der Waals surface area contributed by atoms with Crippen LogP contribution in [0.3, 0.4) is 0 Å². The summed E-state index contributed by atoms with van der Waals surface area (Å²) in [6, 6.07) is 14.7. The first-order chi connectivity index (χ1) is 12.6. The maximum Gasteiger partial charge on any atom is 0.223 e. The van der Waals surface area contributed by atoms with Gasteiger partial charge in [-0.25, -0.2) is 4.98 Å². The quantitative estimate of drug-likeness (QED) is 0.740. The summed E-state index contributed by atoms with van der Waals surface area (Å²) in [4.78, 5) is 33.7. The highest BCUT2D eigenvalue weighted by Crippen LogP contribution is 2.30. The maximum absolute atomic E-state index is 12.9. The van der Waals surface area contributed by atoms with Crippen LogP contribution >= 0.6 is 0 Å². The minimum atomic E-state index is -0.995. The molecule has 0 radical (unpaired) electrons. The van der Waals surface area contributed by atoms with E-state index in [1.54, 1.807) is 23.1 Å². The van der Waals surface area contributed by atoms with Crippen LogP contribution in [0.1, 0.15) is 34.6 Å². The van der Waals surface area contributed by atoms with E-state index < -0.39 is 5.92 Å². The van der Waals surface area contributed by atoms with Crippen molar-refractivity contribution in [3.8, 4) is 6.07 Å². The van der Waals surface area contributed by atoms with E-state index in [-0.39, 0.29) is 11.7 Å². The Morgan fingerprint density at radius 1 is 1.27 bits per heavy atom. The van der Waals surface area contributed by atoms with E-state index in [1.807, 2.05) is 24.3 Å². The molecule has 26 heavy (non-hydrogen) atoms. The molecule has 1 aromatic heterocycles. The second-order valence-electron chi connectivity index (χ2n) is 6.33. The summed E-state index contributed by atoms with van der Waals surface area (Å²) in [5.41, 5.74) is 3.77. The van der Waals surface area contributed by atoms with Crippen LogP contribution in [0.5, 0.6) is 0 Å². The number of H-pyrrole nitrogens is 1. The predicted octanol–water partition coefficient (Wildman–Crippen LogP) is 2.96. The fourth-order valence-corrected chi connectivity index (χ4v) is 3.40. The molecule has 0 aliphatic carbocycles. The number of fused-ring (bicyclic) bond motifs is 2. The maximum atomic E-state index is 12.9. The van der Waals surface area contributed by atoms with E-state index >= 15 is 0 Å². The monoisotopic (exact) mass is 344 g/mol. The summed E-state index contributed by atoms with van der Waals surface area (Å²) < 4.78 is 0. The Labute approximate surface area is 150 Å². The van der Waals surface area contributed by atoms with Crippen LogP contribution in [0.15, 0.2) is 42.5 Å². The molecule has 1 unspecified atom stereocenters. The number of nitrogens with zero attached hydrogens (tertiary/aromatic N) is 3. The number of amides is 1. The zero-order valence-corrected chi connectivity index (χ0v) is 14.2. The summed E-state index contributed by atoms with van der Waals surface area (Å²) in [7, 11) is 0. The number of aromatic nitrogens is 2. The number of carbonyl (C=O) groups excluding carboxylic acids is 2. The van der Waals surface area contributed by atoms with E-state index in [2.05, 4.69) is 16.0 Å². The van der Waals surface area contributed by atoms with Crippen molar-refractivity contribution in [1.82, 2.24) is 9.97 Å². The Bertz CT molecular complexity index is 1040. The molecule has 4 rings (SSSR count). The molecule has 128 valence electrons. The second-order valence-corrected chi connectivity index (χ2v) is 6.33. The van der Waals surface area contributed by atoms with Gasteiger partial charge in [0.2, 0.25) is 5.91 Å². The lowest BCUT2D eigenvalue weighted by Gasteiger charge is -2.15. The molecule has 0 bridgehead atoms. The number of anilines is 1. The molecule has 0 saturated heterocycles. The number of ketones is 1. The lowest BCUT2D eigenvalue weighted by atomic mass is 9.96. The van der Waals surface area contributed by atoms with E-state index in [4.69, 9.17) is 0 Å². The smallest absolute Gasteiger partial charge is 0.223 e. The Morgan fingerprint density at radius 3 is 2.81 bits per heavy atom. The van der Waals surface area contributed by atoms with Gasteiger partial charge in [0.05, 0.1) is 17.1 Å². The van der Waals surface area contributed by atoms with Gasteiger partial charge in [-0.05, 0) is 42.3 Å². The minimum Gasteiger partial charge on any atom is -0.340 e. The molecule has 1 N–H and O–H groups in total. The number of Topliss-reactive ketones (excluding diaryl/α,β-unsaturated/α-hetero) is 1. The van der Waals surface area contributed by atoms with Gasteiger partial charge >= 0.3 is 0 Å². The molecule has 1 amide bonds. The number of rotatable bonds is 3. The third-order valence-corrected chi connectivity index (χ3v) is 4.71. The lowest BCUT2D eigenvalue weighted by Crippen LogP contribution is -2.25. The zero-order chi connectivity index (χ0) is 18.3. The van der Waals surface area contributed by atoms with E-state index in [1.165, 1.54) is 6.92 Å². The predicted molar refractivity (Wildman–Crippen MR) is 97.0 cm³/mol. The van der Waals surface area contributed by atoms with Gasteiger partial charge < -0.3 is 9.88 Å². The van der Waals surface area contributed by atoms with Crippen LogP contribution < -0.4 is 4.90 Å². The van der Waals surface area contributed by atoms with Crippen LogP contribution in [0.4, 0.5) is 5.69 Å². The van der Waals surface area contributed by atoms with Gasteiger partial charge in [0, 0.05) is 24.7 Å². The molecule has 0 spiro atoms. The fraction of sp³-hybridized carbons (Fsp3) is 0.200. The van der Waals surface area contributed by atoms with Crippen molar-refractivity contribution < 1.29 is 9.59 Å². The van der Waals surface area contributed by atoms with Crippen molar-refractivity contribution in [3.63, 3.8) is 0 Å². The summed E-state index contributed by atoms with van der Waals surface area (Å²) in [5, 5.41) is 9.56. The van der Waals surface area contributed by atoms with Gasteiger partial charge in [-0.1, -0.05) is 12.1 Å². The van der Waals surface area contributed by atoms with Crippen molar-refractivity contribution in [2.45, 2.75) is 19.3 Å². The topological polar surface area (TPSA) is 89.8 Å². The van der Waals surface area contributed by atoms with Crippen LogP contribution in [0.2, 0.25) is 0 Å². The Morgan fingerprint density at radius 2 is 2.08 bits per heavy atom. The van der Waals surface area contributed by atoms with Gasteiger partial charge in [0.25, 0.3) is 0 Å². The number of carbonyl (C=O) groups is 2. The first-order valence-electron chi connectivity index (χ1n) is 8.38. The van der Waals surface area contributed by atoms with E-state index in [0.717, 1.165) is 22.3 Å². The van der Waals surface area contributed by atoms with Crippen LogP contribution in [0, 0.1) is 11.3 Å². The van der Waals surface area contributed by atoms with Crippen LogP contribution in [-0.4, -0.2) is 28.2 Å². The Kier molecular flexibility index (Phi) is 3.77. The number of hydrogen-bond acceptors (Lipinski definition) is 4. The molecule has 1 aliphatic heterocycles. The highest BCUT2D eigenvalue weighted by molar-refractivity contribution is 6.04. The van der Waals surface area contributed by atoms with Crippen LogP contribution in [0.25, 0.3) is 11.0 Å². The fourth-order valence-electron chi connectivity index (χ4n) is 3.40. The summed E-state index contributed by atoms with van der Waals surface area (Å²) in [6.07, 6.45) is 0.706. The number of imidazole rings is 1. The summed E-state index contributed by atoms with van der Waals surface area (Å²) in [6.45, 7) is 2.15. The number of benzene rings is 2. The average molecular weight is 344 g/mol. The van der Waals surface area contributed by atoms with Gasteiger partial charge in [0.15, 0.2) is 11.7 Å². The summed E-state index contributed by atoms with van der Waals surface area (Å²) >= 11 is 0. The van der Waals surface area contributed by atoms with Gasteiger partial charge in [-0.15, -0.1) is 0 Å². The molecule has 2 aromatic carbocycles. The third kappa shape index (κ3) is 2.54. The van der Waals surface area contributed by atoms with Crippen molar-refractivity contribution in [1.29, 1.82) is 5.26 Å². The number of nitrogens with one attached hydrogen (secondary N) is 1. The van der Waals surface area contributed by atoms with Crippen molar-refractivity contribution in [2.75, 3.05) is 11.4 Å². The molecular weight excluding hydrogens is 328 g/mol. The molecule has 6 heteroatoms. The molecule has 1 aliphatic rings. The first kappa shape index (κ1) is 16.0. The summed E-state index contributed by atoms with van der Waals surface area (Å²) in [5.74, 6) is -0.953. The zero-order valence-electron chi connectivity index (χ0n) is 14.2. The second kappa shape index (κ2) is 6.12. The van der Waals surface area contributed by atoms with Crippen molar-refractivity contribution in [2.24, 2.45) is 0 Å². The molecular formula is C20H16N4O2. The highest BCUT2D eigenvalue weighted by atomic mass is 16.2. The SMILES string of the molecule is CC(=O)N1CCc2cc(C(=O)C(C#N)c3nc4ccccc4[nH]3)ccc21. The van der Waals surface area contributed by atoms with Gasteiger partial charge in [-0.3, -0.25) is 9.59 Å². The highest BCUT2D eigenvalue weighted by Gasteiger charge is 2.28. The van der Waals surface area contributed by atoms with Crippen LogP contribution in [-0.2, 0) is 11.2 Å². The standard InChI is InChI=1S/C20H16N4O2/c1-12(25)24-9-8-13-10-14(6-7-18(13)24)19(26)15(11-21)20-22-16-4-2-3-5-17(16)23-20/h2-7,10,15H,8-9H2,1H3,(H,22,23). The average Bonchev–Trinajstić information content (AvgIpc) is 3.25. The van der Waals surface area contributed by atoms with Gasteiger partial charge in [-0.2, -0.15) is 5.26 Å². The lowest BCUT2D eigenvalue weighted by molar-refractivity contribution is -0.116. The molecule has 0 fully saturated rings. The van der Waals surface area contributed by atoms with Gasteiger partial charge in [0.1, 0.15) is 5.82 Å². The minimum absolute atomic E-state index is 0.0139. The first-order valence-corrected chi connectivity index (χ1v) is 8.38. The van der Waals surface area contributed by atoms with Crippen molar-refractivity contribution in [3.05, 3.63) is 59.4 Å². The molecule has 2 heterocycles. The number of aromatic amines is 1. The number of para-hydroxylation sites is 2. The molecule has 0 saturated carbocycles. The Balaban J connectivity index is 1.68. The third-order valence-electron chi connectivity index (χ3n) is 4.71. The number of nitriles is 1. The van der Waals surface area contributed by atoms with E-state index in [9.17, 15) is 14.9 Å². The molecule has 3 aromatic rings. The largest absolute Gasteiger partial charge is 0.340 e. The van der Waals surface area contributed by atoms with E-state index in [0.29, 0.717) is 24.4 Å². The van der Waals surface area contributed by atoms with Crippen molar-refractivity contribution >= 4 is 28.4 Å². The number of hydrogen-bond donors (Lipinski definition) is 1. The normalized spacial score (nSPS) is 14.1.